The van der Waals surface area contributed by atoms with Crippen LogP contribution in [0.15, 0.2) is 65.6 Å². The summed E-state index contributed by atoms with van der Waals surface area (Å²) in [5.41, 5.74) is 1.66. The van der Waals surface area contributed by atoms with E-state index < -0.39 is 27.6 Å². The molecule has 3 aromatic rings. The summed E-state index contributed by atoms with van der Waals surface area (Å²) in [4.78, 5) is 24.8. The fourth-order valence-corrected chi connectivity index (χ4v) is 4.95. The van der Waals surface area contributed by atoms with Crippen molar-refractivity contribution in [1.82, 2.24) is 5.32 Å². The zero-order valence-corrected chi connectivity index (χ0v) is 21.0. The van der Waals surface area contributed by atoms with Gasteiger partial charge in [0.05, 0.1) is 10.8 Å². The van der Waals surface area contributed by atoms with Crippen molar-refractivity contribution < 1.29 is 23.1 Å². The number of sulfone groups is 1. The van der Waals surface area contributed by atoms with Gasteiger partial charge in [0.25, 0.3) is 5.91 Å². The third kappa shape index (κ3) is 6.51. The number of carboxylic acid groups (broad SMARTS) is 1. The van der Waals surface area contributed by atoms with Crippen LogP contribution in [0.25, 0.3) is 0 Å². The lowest BCUT2D eigenvalue weighted by molar-refractivity contribution is -0.138. The first-order valence-electron chi connectivity index (χ1n) is 9.99. The van der Waals surface area contributed by atoms with Gasteiger partial charge in [-0.2, -0.15) is 0 Å². The van der Waals surface area contributed by atoms with Gasteiger partial charge in [-0.05, 0) is 53.9 Å². The van der Waals surface area contributed by atoms with Crippen molar-refractivity contribution in [2.45, 2.75) is 23.8 Å². The number of hydrogen-bond donors (Lipinski definition) is 2. The second-order valence-electron chi connectivity index (χ2n) is 7.68. The molecule has 10 heteroatoms. The first kappa shape index (κ1) is 26.0. The second kappa shape index (κ2) is 10.8. The van der Waals surface area contributed by atoms with Crippen LogP contribution < -0.4 is 5.32 Å². The molecule has 34 heavy (non-hydrogen) atoms. The minimum absolute atomic E-state index is 0.0239. The Labute approximate surface area is 212 Å². The summed E-state index contributed by atoms with van der Waals surface area (Å²) < 4.78 is 23.7. The summed E-state index contributed by atoms with van der Waals surface area (Å²) in [6.07, 6.45) is 1.03. The van der Waals surface area contributed by atoms with Gasteiger partial charge in [0.15, 0.2) is 9.84 Å². The molecule has 0 aromatic heterocycles. The van der Waals surface area contributed by atoms with E-state index in [1.54, 1.807) is 36.4 Å². The van der Waals surface area contributed by atoms with Gasteiger partial charge in [-0.15, -0.1) is 0 Å². The summed E-state index contributed by atoms with van der Waals surface area (Å²) in [5, 5.41) is 13.2. The highest BCUT2D eigenvalue weighted by Gasteiger charge is 2.27. The number of rotatable bonds is 8. The van der Waals surface area contributed by atoms with Crippen molar-refractivity contribution in [2.24, 2.45) is 0 Å². The highest BCUT2D eigenvalue weighted by atomic mass is 35.5. The van der Waals surface area contributed by atoms with Crippen molar-refractivity contribution >= 4 is 56.5 Å². The Morgan fingerprint density at radius 1 is 0.941 bits per heavy atom. The molecule has 1 atom stereocenters. The van der Waals surface area contributed by atoms with Gasteiger partial charge in [-0.3, -0.25) is 9.59 Å². The van der Waals surface area contributed by atoms with E-state index in [4.69, 9.17) is 34.8 Å². The highest BCUT2D eigenvalue weighted by molar-refractivity contribution is 7.90. The maximum Gasteiger partial charge on any atom is 0.311 e. The molecule has 0 aliphatic carbocycles. The number of carbonyl (C=O) groups is 2. The van der Waals surface area contributed by atoms with E-state index in [1.165, 1.54) is 24.3 Å². The molecule has 0 aliphatic heterocycles. The summed E-state index contributed by atoms with van der Waals surface area (Å²) in [7, 11) is -3.46. The molecule has 0 saturated heterocycles. The lowest BCUT2D eigenvalue weighted by Crippen LogP contribution is -2.23. The van der Waals surface area contributed by atoms with E-state index in [0.717, 1.165) is 11.8 Å². The zero-order chi connectivity index (χ0) is 25.0. The topological polar surface area (TPSA) is 101 Å². The zero-order valence-electron chi connectivity index (χ0n) is 17.9. The van der Waals surface area contributed by atoms with Gasteiger partial charge in [-0.1, -0.05) is 59.1 Å². The third-order valence-electron chi connectivity index (χ3n) is 5.12. The standard InChI is InChI=1S/C24H20Cl3NO5S/c1-34(32,33)18-4-2-3-15(9-18)10-19(24(30)31)22-20(26)11-16(12-21(22)27)23(29)28-13-14-5-7-17(25)8-6-14/h2-9,11-12,19H,10,13H2,1H3,(H,28,29)(H,30,31)/t19-/m1/s1. The van der Waals surface area contributed by atoms with Crippen molar-refractivity contribution in [2.75, 3.05) is 6.26 Å². The Bertz CT molecular complexity index is 1320. The molecule has 1 amide bonds. The van der Waals surface area contributed by atoms with Crippen LogP contribution in [-0.2, 0) is 27.6 Å². The van der Waals surface area contributed by atoms with Crippen LogP contribution in [0.3, 0.4) is 0 Å². The lowest BCUT2D eigenvalue weighted by atomic mass is 9.91. The minimum Gasteiger partial charge on any atom is -0.481 e. The summed E-state index contributed by atoms with van der Waals surface area (Å²) in [6, 6.07) is 15.7. The van der Waals surface area contributed by atoms with E-state index in [0.29, 0.717) is 10.6 Å². The molecule has 0 aliphatic rings. The number of carbonyl (C=O) groups excluding carboxylic acids is 1. The first-order valence-corrected chi connectivity index (χ1v) is 13.0. The molecule has 0 unspecified atom stereocenters. The molecule has 3 rings (SSSR count). The molecular weight excluding hydrogens is 521 g/mol. The molecule has 2 N–H and O–H groups in total. The van der Waals surface area contributed by atoms with E-state index >= 15 is 0 Å². The Balaban J connectivity index is 1.84. The Hall–Kier alpha value is -2.58. The quantitative estimate of drug-likeness (QED) is 0.399. The normalized spacial score (nSPS) is 12.2. The van der Waals surface area contributed by atoms with E-state index in [-0.39, 0.29) is 39.0 Å². The van der Waals surface area contributed by atoms with Crippen LogP contribution in [-0.4, -0.2) is 31.7 Å². The predicted molar refractivity (Wildman–Crippen MR) is 133 cm³/mol. The number of halogens is 3. The summed E-state index contributed by atoms with van der Waals surface area (Å²) in [6.45, 7) is 0.251. The second-order valence-corrected chi connectivity index (χ2v) is 10.9. The monoisotopic (exact) mass is 539 g/mol. The number of benzene rings is 3. The summed E-state index contributed by atoms with van der Waals surface area (Å²) in [5.74, 6) is -2.77. The van der Waals surface area contributed by atoms with Gasteiger partial charge in [0.1, 0.15) is 0 Å². The Morgan fingerprint density at radius 2 is 1.56 bits per heavy atom. The molecule has 0 heterocycles. The summed E-state index contributed by atoms with van der Waals surface area (Å²) >= 11 is 18.6. The molecular formula is C24H20Cl3NO5S. The molecule has 3 aromatic carbocycles. The highest BCUT2D eigenvalue weighted by Crippen LogP contribution is 2.35. The number of amides is 1. The molecule has 0 spiro atoms. The maximum absolute atomic E-state index is 12.6. The molecule has 0 radical (unpaired) electrons. The van der Waals surface area contributed by atoms with Crippen molar-refractivity contribution in [3.63, 3.8) is 0 Å². The maximum atomic E-state index is 12.6. The number of hydrogen-bond acceptors (Lipinski definition) is 4. The van der Waals surface area contributed by atoms with Gasteiger partial charge in [-0.25, -0.2) is 8.42 Å². The van der Waals surface area contributed by atoms with Gasteiger partial charge in [0.2, 0.25) is 0 Å². The molecule has 0 bridgehead atoms. The minimum atomic E-state index is -3.46. The van der Waals surface area contributed by atoms with Crippen molar-refractivity contribution in [3.8, 4) is 0 Å². The number of carboxylic acids is 1. The number of nitrogens with one attached hydrogen (secondary N) is 1. The fourth-order valence-electron chi connectivity index (χ4n) is 3.39. The predicted octanol–water partition coefficient (Wildman–Crippen LogP) is 5.39. The Morgan fingerprint density at radius 3 is 2.12 bits per heavy atom. The molecule has 0 saturated carbocycles. The van der Waals surface area contributed by atoms with Crippen LogP contribution in [0.2, 0.25) is 15.1 Å². The van der Waals surface area contributed by atoms with Crippen molar-refractivity contribution in [3.05, 3.63) is 98.0 Å². The van der Waals surface area contributed by atoms with E-state index in [9.17, 15) is 23.1 Å². The average Bonchev–Trinajstić information content (AvgIpc) is 2.76. The Kier molecular flexibility index (Phi) is 8.25. The van der Waals surface area contributed by atoms with Gasteiger partial charge >= 0.3 is 5.97 Å². The molecule has 6 nitrogen and oxygen atoms in total. The first-order chi connectivity index (χ1) is 16.0. The van der Waals surface area contributed by atoms with Crippen LogP contribution >= 0.6 is 34.8 Å². The molecule has 0 fully saturated rings. The largest absolute Gasteiger partial charge is 0.481 e. The smallest absolute Gasteiger partial charge is 0.311 e. The molecule has 178 valence electrons. The van der Waals surface area contributed by atoms with Crippen molar-refractivity contribution in [1.29, 1.82) is 0 Å². The van der Waals surface area contributed by atoms with E-state index in [2.05, 4.69) is 5.32 Å². The average molecular weight is 541 g/mol. The van der Waals surface area contributed by atoms with Crippen LogP contribution in [0.1, 0.15) is 33.0 Å². The van der Waals surface area contributed by atoms with E-state index in [1.807, 2.05) is 0 Å². The fraction of sp³-hybridized carbons (Fsp3) is 0.167. The third-order valence-corrected chi connectivity index (χ3v) is 7.11. The van der Waals surface area contributed by atoms with Crippen LogP contribution in [0.4, 0.5) is 0 Å². The SMILES string of the molecule is CS(=O)(=O)c1cccc(C[C@@H](C(=O)O)c2c(Cl)cc(C(=O)NCc3ccc(Cl)cc3)cc2Cl)c1. The lowest BCUT2D eigenvalue weighted by Gasteiger charge is -2.18. The van der Waals surface area contributed by atoms with Gasteiger partial charge in [0, 0.05) is 39.0 Å². The van der Waals surface area contributed by atoms with Crippen LogP contribution in [0.5, 0.6) is 0 Å². The van der Waals surface area contributed by atoms with Gasteiger partial charge < -0.3 is 10.4 Å². The van der Waals surface area contributed by atoms with Crippen LogP contribution in [0, 0.1) is 0 Å². The number of aliphatic carboxylic acids is 1.